The van der Waals surface area contributed by atoms with Gasteiger partial charge in [0.05, 0.1) is 0 Å². The van der Waals surface area contributed by atoms with Crippen molar-refractivity contribution in [3.63, 3.8) is 0 Å². The Bertz CT molecular complexity index is 342. The molecule has 0 bridgehead atoms. The lowest BCUT2D eigenvalue weighted by molar-refractivity contribution is 0.0685. The topological polar surface area (TPSA) is 38.2 Å². The first-order valence-electron chi connectivity index (χ1n) is 5.52. The van der Waals surface area contributed by atoms with Crippen molar-refractivity contribution in [1.82, 2.24) is 9.97 Å². The zero-order chi connectivity index (χ0) is 11.4. The molecular formula is C11H16ClN3O. The molecule has 4 nitrogen and oxygen atoms in total. The Morgan fingerprint density at radius 1 is 1.44 bits per heavy atom. The fourth-order valence-electron chi connectivity index (χ4n) is 1.94. The van der Waals surface area contributed by atoms with E-state index >= 15 is 0 Å². The van der Waals surface area contributed by atoms with Crippen LogP contribution in [0.1, 0.15) is 12.8 Å². The van der Waals surface area contributed by atoms with Crippen LogP contribution in [0.4, 0.5) is 5.82 Å². The first-order chi connectivity index (χ1) is 7.75. The third kappa shape index (κ3) is 3.06. The summed E-state index contributed by atoms with van der Waals surface area (Å²) < 4.78 is 5.34. The Morgan fingerprint density at radius 2 is 2.19 bits per heavy atom. The second kappa shape index (κ2) is 5.46. The average molecular weight is 242 g/mol. The van der Waals surface area contributed by atoms with E-state index < -0.39 is 0 Å². The first kappa shape index (κ1) is 11.6. The predicted octanol–water partition coefficient (Wildman–Crippen LogP) is 1.99. The fraction of sp³-hybridized carbons (Fsp3) is 0.636. The highest BCUT2D eigenvalue weighted by molar-refractivity contribution is 6.29. The van der Waals surface area contributed by atoms with Crippen LogP contribution < -0.4 is 4.90 Å². The van der Waals surface area contributed by atoms with Crippen molar-refractivity contribution in [1.29, 1.82) is 0 Å². The van der Waals surface area contributed by atoms with Crippen LogP contribution in [-0.4, -0.2) is 36.8 Å². The fourth-order valence-corrected chi connectivity index (χ4v) is 2.08. The summed E-state index contributed by atoms with van der Waals surface area (Å²) in [5, 5.41) is 0.490. The largest absolute Gasteiger partial charge is 0.381 e. The molecule has 0 saturated carbocycles. The van der Waals surface area contributed by atoms with E-state index in [-0.39, 0.29) is 0 Å². The molecule has 1 aliphatic heterocycles. The van der Waals surface area contributed by atoms with Crippen molar-refractivity contribution in [3.05, 3.63) is 17.5 Å². The van der Waals surface area contributed by atoms with E-state index in [2.05, 4.69) is 14.9 Å². The number of ether oxygens (including phenoxy) is 1. The van der Waals surface area contributed by atoms with Crippen LogP contribution >= 0.6 is 11.6 Å². The van der Waals surface area contributed by atoms with Crippen LogP contribution in [0, 0.1) is 5.92 Å². The van der Waals surface area contributed by atoms with Crippen molar-refractivity contribution >= 4 is 17.4 Å². The van der Waals surface area contributed by atoms with Gasteiger partial charge in [0.1, 0.15) is 17.3 Å². The maximum Gasteiger partial charge on any atom is 0.134 e. The monoisotopic (exact) mass is 241 g/mol. The summed E-state index contributed by atoms with van der Waals surface area (Å²) in [6.07, 6.45) is 3.75. The van der Waals surface area contributed by atoms with E-state index in [1.54, 1.807) is 6.07 Å². The summed E-state index contributed by atoms with van der Waals surface area (Å²) in [5.74, 6) is 1.57. The Morgan fingerprint density at radius 3 is 2.88 bits per heavy atom. The summed E-state index contributed by atoms with van der Waals surface area (Å²) in [7, 11) is 2.04. The van der Waals surface area contributed by atoms with Crippen LogP contribution in [0.3, 0.4) is 0 Å². The molecule has 0 aliphatic carbocycles. The number of nitrogens with zero attached hydrogens (tertiary/aromatic N) is 3. The molecule has 0 atom stereocenters. The lowest BCUT2D eigenvalue weighted by atomic mass is 10.00. The molecule has 0 spiro atoms. The third-order valence-electron chi connectivity index (χ3n) is 2.88. The summed E-state index contributed by atoms with van der Waals surface area (Å²) >= 11 is 5.83. The smallest absolute Gasteiger partial charge is 0.134 e. The number of hydrogen-bond donors (Lipinski definition) is 0. The zero-order valence-corrected chi connectivity index (χ0v) is 10.2. The molecular weight excluding hydrogens is 226 g/mol. The van der Waals surface area contributed by atoms with Crippen LogP contribution in [-0.2, 0) is 4.74 Å². The minimum Gasteiger partial charge on any atom is -0.381 e. The van der Waals surface area contributed by atoms with Crippen LogP contribution in [0.2, 0.25) is 5.15 Å². The van der Waals surface area contributed by atoms with Gasteiger partial charge in [-0.1, -0.05) is 11.6 Å². The van der Waals surface area contributed by atoms with Crippen LogP contribution in [0.5, 0.6) is 0 Å². The van der Waals surface area contributed by atoms with Crippen molar-refractivity contribution < 1.29 is 4.74 Å². The maximum absolute atomic E-state index is 5.83. The van der Waals surface area contributed by atoms with Crippen molar-refractivity contribution in [2.45, 2.75) is 12.8 Å². The molecule has 0 radical (unpaired) electrons. The number of aromatic nitrogens is 2. The quantitative estimate of drug-likeness (QED) is 0.759. The van der Waals surface area contributed by atoms with Gasteiger partial charge in [0.25, 0.3) is 0 Å². The van der Waals surface area contributed by atoms with Gasteiger partial charge in [-0.3, -0.25) is 0 Å². The van der Waals surface area contributed by atoms with E-state index in [4.69, 9.17) is 16.3 Å². The van der Waals surface area contributed by atoms with Crippen molar-refractivity contribution in [2.24, 2.45) is 5.92 Å². The van der Waals surface area contributed by atoms with Gasteiger partial charge in [0, 0.05) is 32.9 Å². The van der Waals surface area contributed by atoms with Crippen LogP contribution in [0.25, 0.3) is 0 Å². The summed E-state index contributed by atoms with van der Waals surface area (Å²) in [6.45, 7) is 2.75. The molecule has 1 fully saturated rings. The zero-order valence-electron chi connectivity index (χ0n) is 9.40. The first-order valence-corrected chi connectivity index (χ1v) is 5.90. The molecule has 0 unspecified atom stereocenters. The molecule has 1 saturated heterocycles. The van der Waals surface area contributed by atoms with Gasteiger partial charge in [-0.05, 0) is 18.8 Å². The van der Waals surface area contributed by atoms with Crippen LogP contribution in [0.15, 0.2) is 12.4 Å². The number of anilines is 1. The molecule has 2 heterocycles. The average Bonchev–Trinajstić information content (AvgIpc) is 2.30. The lowest BCUT2D eigenvalue weighted by Gasteiger charge is -2.27. The Labute approximate surface area is 101 Å². The Kier molecular flexibility index (Phi) is 3.96. The number of hydrogen-bond acceptors (Lipinski definition) is 4. The molecule has 2 rings (SSSR count). The van der Waals surface area contributed by atoms with E-state index in [1.807, 2.05) is 7.05 Å². The maximum atomic E-state index is 5.83. The van der Waals surface area contributed by atoms with Gasteiger partial charge >= 0.3 is 0 Å². The highest BCUT2D eigenvalue weighted by atomic mass is 35.5. The molecule has 1 aromatic rings. The molecule has 1 aromatic heterocycles. The van der Waals surface area contributed by atoms with Gasteiger partial charge in [0.15, 0.2) is 0 Å². The van der Waals surface area contributed by atoms with Crippen molar-refractivity contribution in [3.8, 4) is 0 Å². The SMILES string of the molecule is CN(CC1CCOCC1)c1cc(Cl)ncn1. The summed E-state index contributed by atoms with van der Waals surface area (Å²) in [6, 6.07) is 1.79. The highest BCUT2D eigenvalue weighted by Gasteiger charge is 2.16. The molecule has 0 aromatic carbocycles. The number of rotatable bonds is 3. The Hall–Kier alpha value is -0.870. The molecule has 16 heavy (non-hydrogen) atoms. The molecule has 1 aliphatic rings. The van der Waals surface area contributed by atoms with Gasteiger partial charge in [0.2, 0.25) is 0 Å². The van der Waals surface area contributed by atoms with Gasteiger partial charge < -0.3 is 9.64 Å². The lowest BCUT2D eigenvalue weighted by Crippen LogP contribution is -2.30. The second-order valence-corrected chi connectivity index (χ2v) is 4.52. The van der Waals surface area contributed by atoms with Gasteiger partial charge in [-0.2, -0.15) is 0 Å². The van der Waals surface area contributed by atoms with Crippen molar-refractivity contribution in [2.75, 3.05) is 31.7 Å². The Balaban J connectivity index is 1.94. The number of halogens is 1. The highest BCUT2D eigenvalue weighted by Crippen LogP contribution is 2.19. The van der Waals surface area contributed by atoms with E-state index in [9.17, 15) is 0 Å². The summed E-state index contributed by atoms with van der Waals surface area (Å²) in [5.41, 5.74) is 0. The second-order valence-electron chi connectivity index (χ2n) is 4.14. The minimum absolute atomic E-state index is 0.490. The van der Waals surface area contributed by atoms with E-state index in [0.29, 0.717) is 11.1 Å². The summed E-state index contributed by atoms with van der Waals surface area (Å²) in [4.78, 5) is 10.2. The molecule has 0 amide bonds. The van der Waals surface area contributed by atoms with E-state index in [0.717, 1.165) is 38.4 Å². The van der Waals surface area contributed by atoms with Gasteiger partial charge in [-0.15, -0.1) is 0 Å². The normalized spacial score (nSPS) is 17.4. The third-order valence-corrected chi connectivity index (χ3v) is 3.09. The minimum atomic E-state index is 0.490. The standard InChI is InChI=1S/C11H16ClN3O/c1-15(7-9-2-4-16-5-3-9)11-6-10(12)13-8-14-11/h6,8-9H,2-5,7H2,1H3. The predicted molar refractivity (Wildman–Crippen MR) is 63.9 cm³/mol. The van der Waals surface area contributed by atoms with E-state index in [1.165, 1.54) is 6.33 Å². The molecule has 0 N–H and O–H groups in total. The molecule has 5 heteroatoms. The molecule has 88 valence electrons. The van der Waals surface area contributed by atoms with Gasteiger partial charge in [-0.25, -0.2) is 9.97 Å².